The minimum absolute atomic E-state index is 0.194. The van der Waals surface area contributed by atoms with E-state index in [1.807, 2.05) is 48.5 Å². The van der Waals surface area contributed by atoms with E-state index in [0.29, 0.717) is 21.9 Å². The van der Waals surface area contributed by atoms with Crippen molar-refractivity contribution in [1.82, 2.24) is 20.4 Å². The minimum atomic E-state index is -0.194. The van der Waals surface area contributed by atoms with Crippen LogP contribution in [0, 0.1) is 0 Å². The third-order valence-electron chi connectivity index (χ3n) is 5.95. The number of hydrogen-bond donors (Lipinski definition) is 1. The van der Waals surface area contributed by atoms with Crippen molar-refractivity contribution in [3.8, 4) is 11.4 Å². The fraction of sp³-hybridized carbons (Fsp3) is 0.148. The molecule has 0 saturated carbocycles. The third kappa shape index (κ3) is 4.60. The molecule has 3 aromatic carbocycles. The van der Waals surface area contributed by atoms with Gasteiger partial charge in [0.1, 0.15) is 0 Å². The van der Waals surface area contributed by atoms with E-state index in [1.54, 1.807) is 0 Å². The highest BCUT2D eigenvalue weighted by Gasteiger charge is 2.33. The van der Waals surface area contributed by atoms with E-state index in [2.05, 4.69) is 58.7 Å². The molecule has 1 unspecified atom stereocenters. The Hall–Kier alpha value is -3.48. The van der Waals surface area contributed by atoms with Gasteiger partial charge in [0.25, 0.3) is 5.89 Å². The quantitative estimate of drug-likeness (QED) is 0.323. The topological polar surface area (TPSA) is 54.2 Å². The number of nitrogens with zero attached hydrogens (tertiary/aromatic N) is 3. The van der Waals surface area contributed by atoms with Gasteiger partial charge in [0.15, 0.2) is 5.11 Å². The molecule has 0 saturated heterocycles. The summed E-state index contributed by atoms with van der Waals surface area (Å²) in [4.78, 5) is 6.86. The Kier molecular flexibility index (Phi) is 6.43. The van der Waals surface area contributed by atoms with Gasteiger partial charge in [-0.2, -0.15) is 4.98 Å². The lowest BCUT2D eigenvalue weighted by Gasteiger charge is -2.37. The Morgan fingerprint density at radius 1 is 0.971 bits per heavy atom. The van der Waals surface area contributed by atoms with Gasteiger partial charge in [-0.25, -0.2) is 0 Å². The van der Waals surface area contributed by atoms with Crippen LogP contribution in [0.4, 0.5) is 0 Å². The summed E-state index contributed by atoms with van der Waals surface area (Å²) in [5, 5.41) is 9.10. The number of nitrogens with one attached hydrogen (secondary N) is 1. The zero-order valence-electron chi connectivity index (χ0n) is 18.6. The van der Waals surface area contributed by atoms with Gasteiger partial charge in [0.2, 0.25) is 5.82 Å². The van der Waals surface area contributed by atoms with E-state index >= 15 is 0 Å². The molecule has 1 aliphatic heterocycles. The van der Waals surface area contributed by atoms with Gasteiger partial charge < -0.3 is 14.7 Å². The molecule has 2 heterocycles. The molecule has 5 rings (SSSR count). The Morgan fingerprint density at radius 3 is 2.35 bits per heavy atom. The minimum Gasteiger partial charge on any atom is -0.351 e. The number of aromatic nitrogens is 2. The predicted octanol–water partition coefficient (Wildman–Crippen LogP) is 6.30. The molecule has 1 aliphatic rings. The highest BCUT2D eigenvalue weighted by atomic mass is 35.5. The van der Waals surface area contributed by atoms with Crippen molar-refractivity contribution in [2.75, 3.05) is 6.54 Å². The number of thiocarbonyl (C=S) groups is 1. The fourth-order valence-electron chi connectivity index (χ4n) is 4.16. The Labute approximate surface area is 209 Å². The van der Waals surface area contributed by atoms with Crippen molar-refractivity contribution in [2.24, 2.45) is 0 Å². The van der Waals surface area contributed by atoms with Gasteiger partial charge >= 0.3 is 0 Å². The monoisotopic (exact) mass is 486 g/mol. The van der Waals surface area contributed by atoms with Gasteiger partial charge in [-0.05, 0) is 61.0 Å². The maximum absolute atomic E-state index is 6.04. The highest BCUT2D eigenvalue weighted by molar-refractivity contribution is 7.80. The molecule has 5 nitrogen and oxygen atoms in total. The Bertz CT molecular complexity index is 1320. The highest BCUT2D eigenvalue weighted by Crippen LogP contribution is 2.37. The van der Waals surface area contributed by atoms with Gasteiger partial charge in [-0.1, -0.05) is 77.4 Å². The number of hydrogen-bond acceptors (Lipinski definition) is 4. The average molecular weight is 487 g/mol. The first kappa shape index (κ1) is 22.3. The van der Waals surface area contributed by atoms with Crippen molar-refractivity contribution < 1.29 is 4.52 Å². The zero-order valence-corrected chi connectivity index (χ0v) is 20.2. The summed E-state index contributed by atoms with van der Waals surface area (Å²) in [5.41, 5.74) is 5.09. The molecule has 0 amide bonds. The molecule has 0 radical (unpaired) electrons. The second kappa shape index (κ2) is 9.79. The van der Waals surface area contributed by atoms with Crippen LogP contribution >= 0.6 is 23.8 Å². The molecule has 4 aromatic rings. The molecule has 34 heavy (non-hydrogen) atoms. The first-order chi connectivity index (χ1) is 16.6. The summed E-state index contributed by atoms with van der Waals surface area (Å²) in [6, 6.07) is 27.8. The summed E-state index contributed by atoms with van der Waals surface area (Å²) in [5.74, 6) is 0.985. The lowest BCUT2D eigenvalue weighted by atomic mass is 9.94. The molecule has 1 atom stereocenters. The molecule has 0 fully saturated rings. The van der Waals surface area contributed by atoms with Crippen molar-refractivity contribution >= 4 is 34.5 Å². The summed E-state index contributed by atoms with van der Waals surface area (Å²) in [7, 11) is 0. The van der Waals surface area contributed by atoms with Crippen LogP contribution in [0.2, 0.25) is 5.02 Å². The maximum Gasteiger partial charge on any atom is 0.258 e. The zero-order chi connectivity index (χ0) is 23.5. The molecule has 170 valence electrons. The largest absolute Gasteiger partial charge is 0.351 e. The Morgan fingerprint density at radius 2 is 1.65 bits per heavy atom. The molecular formula is C27H23ClN4OS. The number of benzene rings is 3. The van der Waals surface area contributed by atoms with E-state index in [0.717, 1.165) is 35.4 Å². The maximum atomic E-state index is 6.04. The number of rotatable bonds is 6. The first-order valence-corrected chi connectivity index (χ1v) is 11.9. The summed E-state index contributed by atoms with van der Waals surface area (Å²) >= 11 is 11.8. The van der Waals surface area contributed by atoms with Crippen LogP contribution in [0.5, 0.6) is 0 Å². The standard InChI is InChI=1S/C27H23ClN4OS/c1-18-23(26-30-25(31-33-26)21-12-14-22(28)15-13-21)24(20-10-6-3-7-11-20)29-27(34)32(18)17-16-19-8-4-2-5-9-19/h2-15,24H,16-17H2,1H3,(H,29,34). The third-order valence-corrected chi connectivity index (χ3v) is 6.55. The molecule has 7 heteroatoms. The van der Waals surface area contributed by atoms with Crippen molar-refractivity contribution in [2.45, 2.75) is 19.4 Å². The summed E-state index contributed by atoms with van der Waals surface area (Å²) in [6.07, 6.45) is 0.864. The van der Waals surface area contributed by atoms with E-state index in [4.69, 9.17) is 33.3 Å². The van der Waals surface area contributed by atoms with Crippen LogP contribution in [0.1, 0.15) is 30.0 Å². The second-order valence-electron chi connectivity index (χ2n) is 8.11. The average Bonchev–Trinajstić information content (AvgIpc) is 3.35. The normalized spacial score (nSPS) is 16.0. The van der Waals surface area contributed by atoms with Gasteiger partial charge in [-0.15, -0.1) is 0 Å². The van der Waals surface area contributed by atoms with E-state index in [1.165, 1.54) is 5.56 Å². The predicted molar refractivity (Wildman–Crippen MR) is 139 cm³/mol. The molecule has 0 spiro atoms. The van der Waals surface area contributed by atoms with Crippen LogP contribution in [0.25, 0.3) is 17.0 Å². The molecule has 1 aromatic heterocycles. The Balaban J connectivity index is 1.53. The molecule has 0 bridgehead atoms. The van der Waals surface area contributed by atoms with Crippen molar-refractivity contribution in [1.29, 1.82) is 0 Å². The van der Waals surface area contributed by atoms with E-state index < -0.39 is 0 Å². The second-order valence-corrected chi connectivity index (χ2v) is 8.93. The van der Waals surface area contributed by atoms with Crippen LogP contribution in [-0.2, 0) is 6.42 Å². The van der Waals surface area contributed by atoms with Gasteiger partial charge in [0, 0.05) is 22.8 Å². The summed E-state index contributed by atoms with van der Waals surface area (Å²) in [6.45, 7) is 2.81. The van der Waals surface area contributed by atoms with Crippen molar-refractivity contribution in [3.63, 3.8) is 0 Å². The van der Waals surface area contributed by atoms with Crippen LogP contribution in [0.3, 0.4) is 0 Å². The molecule has 0 aliphatic carbocycles. The lowest BCUT2D eigenvalue weighted by molar-refractivity contribution is 0.397. The van der Waals surface area contributed by atoms with E-state index in [-0.39, 0.29) is 6.04 Å². The van der Waals surface area contributed by atoms with Crippen molar-refractivity contribution in [3.05, 3.63) is 113 Å². The fourth-order valence-corrected chi connectivity index (χ4v) is 4.63. The van der Waals surface area contributed by atoms with Gasteiger partial charge in [0.05, 0.1) is 11.6 Å². The van der Waals surface area contributed by atoms with Crippen LogP contribution in [-0.4, -0.2) is 26.7 Å². The number of halogens is 1. The molecular weight excluding hydrogens is 464 g/mol. The SMILES string of the molecule is CC1=C(c2nc(-c3ccc(Cl)cc3)no2)C(c2ccccc2)NC(=S)N1CCc1ccccc1. The van der Waals surface area contributed by atoms with Crippen LogP contribution in [0.15, 0.2) is 95.1 Å². The van der Waals surface area contributed by atoms with E-state index in [9.17, 15) is 0 Å². The molecule has 1 N–H and O–H groups in total. The number of allylic oxidation sites excluding steroid dienone is 1. The summed E-state index contributed by atoms with van der Waals surface area (Å²) < 4.78 is 5.80. The first-order valence-electron chi connectivity index (χ1n) is 11.1. The van der Waals surface area contributed by atoms with Gasteiger partial charge in [-0.3, -0.25) is 0 Å². The smallest absolute Gasteiger partial charge is 0.258 e. The lowest BCUT2D eigenvalue weighted by Crippen LogP contribution is -2.46. The van der Waals surface area contributed by atoms with Crippen LogP contribution < -0.4 is 5.32 Å².